The Morgan fingerprint density at radius 2 is 2.00 bits per heavy atom. The lowest BCUT2D eigenvalue weighted by molar-refractivity contribution is -0.142. The molecule has 1 aromatic carbocycles. The zero-order valence-corrected chi connectivity index (χ0v) is 13.6. The fourth-order valence-corrected chi connectivity index (χ4v) is 3.00. The van der Waals surface area contributed by atoms with Crippen LogP contribution in [0, 0.1) is 17.6 Å². The highest BCUT2D eigenvalue weighted by Crippen LogP contribution is 2.22. The molecule has 24 heavy (non-hydrogen) atoms. The molecule has 1 aliphatic rings. The highest BCUT2D eigenvalue weighted by atomic mass is 19.1. The zero-order chi connectivity index (χ0) is 17.7. The van der Waals surface area contributed by atoms with Gasteiger partial charge in [0.1, 0.15) is 11.6 Å². The molecule has 0 spiro atoms. The van der Waals surface area contributed by atoms with E-state index in [9.17, 15) is 23.5 Å². The van der Waals surface area contributed by atoms with Gasteiger partial charge in [-0.15, -0.1) is 0 Å². The maximum absolute atomic E-state index is 13.8. The first-order valence-electron chi connectivity index (χ1n) is 8.10. The third-order valence-corrected chi connectivity index (χ3v) is 4.45. The van der Waals surface area contributed by atoms with E-state index in [2.05, 4.69) is 17.1 Å². The fourth-order valence-electron chi connectivity index (χ4n) is 3.00. The number of nitrogens with zero attached hydrogens (tertiary/aromatic N) is 1. The van der Waals surface area contributed by atoms with Crippen molar-refractivity contribution in [2.24, 2.45) is 5.92 Å². The summed E-state index contributed by atoms with van der Waals surface area (Å²) < 4.78 is 27.1. The summed E-state index contributed by atoms with van der Waals surface area (Å²) in [5.41, 5.74) is -0.378. The minimum absolute atomic E-state index is 0.180. The lowest BCUT2D eigenvalue weighted by Gasteiger charge is -2.30. The number of rotatable bonds is 6. The van der Waals surface area contributed by atoms with Crippen LogP contribution in [0.5, 0.6) is 0 Å². The van der Waals surface area contributed by atoms with Crippen LogP contribution in [-0.2, 0) is 9.59 Å². The van der Waals surface area contributed by atoms with Gasteiger partial charge >= 0.3 is 5.97 Å². The van der Waals surface area contributed by atoms with Crippen molar-refractivity contribution in [2.45, 2.75) is 32.2 Å². The molecule has 7 heteroatoms. The van der Waals surface area contributed by atoms with Gasteiger partial charge < -0.3 is 15.3 Å². The Hall–Kier alpha value is -2.02. The van der Waals surface area contributed by atoms with Crippen LogP contribution < -0.4 is 5.32 Å². The molecule has 1 heterocycles. The number of benzene rings is 1. The lowest BCUT2D eigenvalue weighted by atomic mass is 9.93. The molecule has 132 valence electrons. The van der Waals surface area contributed by atoms with Crippen LogP contribution in [0.2, 0.25) is 0 Å². The standard InChI is InChI=1S/C17H22F2N2O3/c1-2-21-7-5-11(6-8-21)9-15(22)20-16(17(23)24)13-10-12(18)3-4-14(13)19/h3-4,10-11,16H,2,5-9H2,1H3,(H,20,22)(H,23,24)/t16-/m1/s1. The monoisotopic (exact) mass is 340 g/mol. The van der Waals surface area contributed by atoms with Gasteiger partial charge in [-0.25, -0.2) is 13.6 Å². The summed E-state index contributed by atoms with van der Waals surface area (Å²) in [4.78, 5) is 25.8. The Morgan fingerprint density at radius 3 is 2.58 bits per heavy atom. The largest absolute Gasteiger partial charge is 0.479 e. The predicted molar refractivity (Wildman–Crippen MR) is 84.3 cm³/mol. The van der Waals surface area contributed by atoms with Crippen LogP contribution >= 0.6 is 0 Å². The molecule has 0 aliphatic carbocycles. The molecular formula is C17H22F2N2O3. The van der Waals surface area contributed by atoms with Crippen molar-refractivity contribution in [2.75, 3.05) is 19.6 Å². The van der Waals surface area contributed by atoms with Crippen LogP contribution in [0.15, 0.2) is 18.2 Å². The first kappa shape index (κ1) is 18.3. The summed E-state index contributed by atoms with van der Waals surface area (Å²) in [6.07, 6.45) is 1.93. The Labute approximate surface area is 139 Å². The molecule has 1 aliphatic heterocycles. The molecule has 2 N–H and O–H groups in total. The van der Waals surface area contributed by atoms with Crippen LogP contribution in [0.3, 0.4) is 0 Å². The van der Waals surface area contributed by atoms with E-state index in [0.29, 0.717) is 0 Å². The van der Waals surface area contributed by atoms with E-state index in [1.807, 2.05) is 0 Å². The van der Waals surface area contributed by atoms with Gasteiger partial charge in [-0.1, -0.05) is 6.92 Å². The minimum Gasteiger partial charge on any atom is -0.479 e. The van der Waals surface area contributed by atoms with E-state index in [4.69, 9.17) is 0 Å². The average Bonchev–Trinajstić information content (AvgIpc) is 2.55. The molecule has 1 atom stereocenters. The molecule has 1 amide bonds. The number of nitrogens with one attached hydrogen (secondary N) is 1. The van der Waals surface area contributed by atoms with Gasteiger partial charge in [-0.05, 0) is 56.6 Å². The molecule has 5 nitrogen and oxygen atoms in total. The molecule has 1 aromatic rings. The van der Waals surface area contributed by atoms with Crippen LogP contribution in [0.1, 0.15) is 37.8 Å². The second kappa shape index (κ2) is 8.19. The van der Waals surface area contributed by atoms with E-state index in [1.54, 1.807) is 0 Å². The first-order chi connectivity index (χ1) is 11.4. The molecule has 0 unspecified atom stereocenters. The lowest BCUT2D eigenvalue weighted by Crippen LogP contribution is -2.38. The smallest absolute Gasteiger partial charge is 0.331 e. The van der Waals surface area contributed by atoms with E-state index >= 15 is 0 Å². The van der Waals surface area contributed by atoms with Gasteiger partial charge in [0.05, 0.1) is 0 Å². The van der Waals surface area contributed by atoms with Gasteiger partial charge in [-0.2, -0.15) is 0 Å². The first-order valence-corrected chi connectivity index (χ1v) is 8.10. The highest BCUT2D eigenvalue weighted by Gasteiger charge is 2.27. The van der Waals surface area contributed by atoms with Crippen LogP contribution in [-0.4, -0.2) is 41.5 Å². The Bertz CT molecular complexity index is 601. The van der Waals surface area contributed by atoms with Gasteiger partial charge in [0.25, 0.3) is 0 Å². The quantitative estimate of drug-likeness (QED) is 0.834. The topological polar surface area (TPSA) is 69.6 Å². The summed E-state index contributed by atoms with van der Waals surface area (Å²) in [5, 5.41) is 11.6. The summed E-state index contributed by atoms with van der Waals surface area (Å²) >= 11 is 0. The Morgan fingerprint density at radius 1 is 1.33 bits per heavy atom. The van der Waals surface area contributed by atoms with Crippen LogP contribution in [0.4, 0.5) is 8.78 Å². The van der Waals surface area contributed by atoms with Crippen molar-refractivity contribution in [3.05, 3.63) is 35.4 Å². The van der Waals surface area contributed by atoms with Gasteiger partial charge in [-0.3, -0.25) is 4.79 Å². The maximum atomic E-state index is 13.8. The SMILES string of the molecule is CCN1CCC(CC(=O)N[C@@H](C(=O)O)c2cc(F)ccc2F)CC1. The second-order valence-electron chi connectivity index (χ2n) is 6.09. The number of carbonyl (C=O) groups excluding carboxylic acids is 1. The van der Waals surface area contributed by atoms with Gasteiger partial charge in [0, 0.05) is 12.0 Å². The van der Waals surface area contributed by atoms with E-state index in [0.717, 1.165) is 50.7 Å². The van der Waals surface area contributed by atoms with Crippen LogP contribution in [0.25, 0.3) is 0 Å². The number of piperidine rings is 1. The maximum Gasteiger partial charge on any atom is 0.331 e. The van der Waals surface area contributed by atoms with E-state index in [-0.39, 0.29) is 17.9 Å². The fraction of sp³-hybridized carbons (Fsp3) is 0.529. The molecule has 0 saturated carbocycles. The highest BCUT2D eigenvalue weighted by molar-refractivity contribution is 5.84. The summed E-state index contributed by atoms with van der Waals surface area (Å²) in [6, 6.07) is 0.964. The van der Waals surface area contributed by atoms with Crippen molar-refractivity contribution in [3.8, 4) is 0 Å². The molecular weight excluding hydrogens is 318 g/mol. The molecule has 0 bridgehead atoms. The number of amides is 1. The number of carbonyl (C=O) groups is 2. The molecule has 1 fully saturated rings. The molecule has 0 aromatic heterocycles. The number of halogens is 2. The normalized spacial score (nSPS) is 17.5. The third kappa shape index (κ3) is 4.74. The number of carboxylic acids is 1. The van der Waals surface area contributed by atoms with E-state index < -0.39 is 29.6 Å². The van der Waals surface area contributed by atoms with Crippen molar-refractivity contribution in [1.82, 2.24) is 10.2 Å². The number of hydrogen-bond donors (Lipinski definition) is 2. The third-order valence-electron chi connectivity index (χ3n) is 4.45. The Balaban J connectivity index is 1.99. The number of aliphatic carboxylic acids is 1. The van der Waals surface area contributed by atoms with Gasteiger partial charge in [0.2, 0.25) is 5.91 Å². The molecule has 2 rings (SSSR count). The van der Waals surface area contributed by atoms with Crippen molar-refractivity contribution in [3.63, 3.8) is 0 Å². The summed E-state index contributed by atoms with van der Waals surface area (Å²) in [6.45, 7) is 4.88. The van der Waals surface area contributed by atoms with Crippen molar-refractivity contribution >= 4 is 11.9 Å². The number of likely N-dealkylation sites (tertiary alicyclic amines) is 1. The zero-order valence-electron chi connectivity index (χ0n) is 13.6. The minimum atomic E-state index is -1.59. The number of hydrogen-bond acceptors (Lipinski definition) is 3. The Kier molecular flexibility index (Phi) is 6.25. The molecule has 0 radical (unpaired) electrons. The number of carboxylic acid groups (broad SMARTS) is 1. The van der Waals surface area contributed by atoms with Crippen molar-refractivity contribution in [1.29, 1.82) is 0 Å². The predicted octanol–water partition coefficient (Wildman–Crippen LogP) is 2.33. The second-order valence-corrected chi connectivity index (χ2v) is 6.09. The van der Waals surface area contributed by atoms with Gasteiger partial charge in [0.15, 0.2) is 6.04 Å². The van der Waals surface area contributed by atoms with E-state index in [1.165, 1.54) is 0 Å². The van der Waals surface area contributed by atoms with Crippen molar-refractivity contribution < 1.29 is 23.5 Å². The summed E-state index contributed by atoms with van der Waals surface area (Å²) in [5.74, 6) is -3.31. The summed E-state index contributed by atoms with van der Waals surface area (Å²) in [7, 11) is 0. The average molecular weight is 340 g/mol. The molecule has 1 saturated heterocycles.